The van der Waals surface area contributed by atoms with Crippen LogP contribution < -0.4 is 4.72 Å². The van der Waals surface area contributed by atoms with Crippen molar-refractivity contribution in [3.63, 3.8) is 0 Å². The lowest BCUT2D eigenvalue weighted by Crippen LogP contribution is -2.37. The van der Waals surface area contributed by atoms with Crippen molar-refractivity contribution in [3.8, 4) is 0 Å². The number of hydrogen-bond donors (Lipinski definition) is 1. The Morgan fingerprint density at radius 2 is 2.15 bits per heavy atom. The summed E-state index contributed by atoms with van der Waals surface area (Å²) in [5.74, 6) is 1.24. The average molecular weight is 321 g/mol. The first-order valence-corrected chi connectivity index (χ1v) is 9.12. The fourth-order valence-corrected chi connectivity index (χ4v) is 3.84. The fraction of sp³-hybridized carbons (Fsp3) is 0.692. The van der Waals surface area contributed by atoms with Crippen LogP contribution in [0.2, 0.25) is 0 Å². The van der Waals surface area contributed by atoms with Gasteiger partial charge in [0, 0.05) is 12.4 Å². The number of furan rings is 1. The molecule has 0 aliphatic carbocycles. The van der Waals surface area contributed by atoms with E-state index in [0.717, 1.165) is 31.7 Å². The summed E-state index contributed by atoms with van der Waals surface area (Å²) in [5, 5.41) is 0. The summed E-state index contributed by atoms with van der Waals surface area (Å²) in [6.07, 6.45) is 4.39. The molecular weight excluding hydrogens is 300 g/mol. The Balaban J connectivity index is 1.98. The van der Waals surface area contributed by atoms with E-state index in [4.69, 9.17) is 16.0 Å². The smallest absolute Gasteiger partial charge is 0.211 e. The molecule has 2 heterocycles. The highest BCUT2D eigenvalue weighted by Gasteiger charge is 2.26. The van der Waals surface area contributed by atoms with Crippen LogP contribution in [-0.2, 0) is 10.0 Å². The van der Waals surface area contributed by atoms with Crippen molar-refractivity contribution in [1.82, 2.24) is 9.62 Å². The van der Waals surface area contributed by atoms with E-state index in [9.17, 15) is 8.42 Å². The van der Waals surface area contributed by atoms with Gasteiger partial charge in [0.15, 0.2) is 0 Å². The fourth-order valence-electron chi connectivity index (χ4n) is 2.47. The second kappa shape index (κ2) is 7.45. The number of sulfonamides is 1. The van der Waals surface area contributed by atoms with Crippen molar-refractivity contribution < 1.29 is 12.8 Å². The van der Waals surface area contributed by atoms with Crippen LogP contribution in [0.3, 0.4) is 0 Å². The molecule has 114 valence electrons. The molecule has 0 radical (unpaired) electrons. The molecule has 1 unspecified atom stereocenters. The van der Waals surface area contributed by atoms with Gasteiger partial charge in [0.2, 0.25) is 10.0 Å². The van der Waals surface area contributed by atoms with Gasteiger partial charge in [0.25, 0.3) is 0 Å². The summed E-state index contributed by atoms with van der Waals surface area (Å²) >= 11 is 5.54. The lowest BCUT2D eigenvalue weighted by atomic mass is 10.2. The van der Waals surface area contributed by atoms with Gasteiger partial charge in [0.1, 0.15) is 5.76 Å². The molecular formula is C13H21ClN2O3S. The highest BCUT2D eigenvalue weighted by molar-refractivity contribution is 7.89. The molecule has 1 aliphatic heterocycles. The van der Waals surface area contributed by atoms with E-state index in [0.29, 0.717) is 18.8 Å². The third-order valence-corrected chi connectivity index (χ3v) is 5.20. The lowest BCUT2D eigenvalue weighted by Gasteiger charge is -2.25. The largest absolute Gasteiger partial charge is 0.468 e. The molecule has 0 amide bonds. The van der Waals surface area contributed by atoms with Gasteiger partial charge >= 0.3 is 0 Å². The van der Waals surface area contributed by atoms with Crippen molar-refractivity contribution >= 4 is 21.6 Å². The first kappa shape index (κ1) is 15.8. The summed E-state index contributed by atoms with van der Waals surface area (Å²) in [7, 11) is -3.26. The molecule has 0 aromatic carbocycles. The monoisotopic (exact) mass is 320 g/mol. The van der Waals surface area contributed by atoms with Gasteiger partial charge in [-0.2, -0.15) is 0 Å². The van der Waals surface area contributed by atoms with E-state index in [-0.39, 0.29) is 11.8 Å². The third-order valence-electron chi connectivity index (χ3n) is 3.50. The highest BCUT2D eigenvalue weighted by atomic mass is 35.5. The standard InChI is InChI=1S/C13H21ClN2O3S/c14-6-4-10-20(17,18)15-11-12(13-5-3-9-19-13)16-7-1-2-8-16/h3,5,9,12,15H,1-2,4,6-8,10-11H2. The SMILES string of the molecule is O=S(=O)(CCCCl)NCC(c1ccco1)N1CCCC1. The van der Waals surface area contributed by atoms with Crippen LogP contribution in [0.5, 0.6) is 0 Å². The molecule has 1 fully saturated rings. The number of rotatable bonds is 8. The molecule has 0 saturated carbocycles. The Hall–Kier alpha value is -0.560. The van der Waals surface area contributed by atoms with E-state index >= 15 is 0 Å². The zero-order chi connectivity index (χ0) is 14.4. The second-order valence-corrected chi connectivity index (χ2v) is 7.29. The van der Waals surface area contributed by atoms with Crippen LogP contribution in [0, 0.1) is 0 Å². The number of nitrogens with one attached hydrogen (secondary N) is 1. The maximum atomic E-state index is 11.9. The molecule has 1 atom stereocenters. The summed E-state index contributed by atoms with van der Waals surface area (Å²) in [6, 6.07) is 3.70. The van der Waals surface area contributed by atoms with Gasteiger partial charge in [0.05, 0.1) is 18.1 Å². The lowest BCUT2D eigenvalue weighted by molar-refractivity contribution is 0.216. The van der Waals surface area contributed by atoms with Crippen molar-refractivity contribution in [3.05, 3.63) is 24.2 Å². The third kappa shape index (κ3) is 4.48. The number of alkyl halides is 1. The Labute approximate surface area is 125 Å². The van der Waals surface area contributed by atoms with E-state index in [1.807, 2.05) is 12.1 Å². The molecule has 7 heteroatoms. The topological polar surface area (TPSA) is 62.6 Å². The maximum Gasteiger partial charge on any atom is 0.211 e. The van der Waals surface area contributed by atoms with Gasteiger partial charge in [-0.1, -0.05) is 0 Å². The Morgan fingerprint density at radius 3 is 2.75 bits per heavy atom. The first-order valence-electron chi connectivity index (χ1n) is 6.93. The van der Waals surface area contributed by atoms with E-state index in [2.05, 4.69) is 9.62 Å². The molecule has 5 nitrogen and oxygen atoms in total. The van der Waals surface area contributed by atoms with Crippen LogP contribution in [0.15, 0.2) is 22.8 Å². The molecule has 1 aliphatic rings. The summed E-state index contributed by atoms with van der Waals surface area (Å²) in [5.41, 5.74) is 0. The first-order chi connectivity index (χ1) is 9.62. The van der Waals surface area contributed by atoms with Crippen molar-refractivity contribution in [2.45, 2.75) is 25.3 Å². The molecule has 0 spiro atoms. The molecule has 20 heavy (non-hydrogen) atoms. The van der Waals surface area contributed by atoms with Crippen molar-refractivity contribution in [2.75, 3.05) is 31.3 Å². The van der Waals surface area contributed by atoms with Gasteiger partial charge in [-0.25, -0.2) is 13.1 Å². The number of nitrogens with zero attached hydrogens (tertiary/aromatic N) is 1. The van der Waals surface area contributed by atoms with Gasteiger partial charge in [-0.3, -0.25) is 4.90 Å². The normalized spacial score (nSPS) is 18.4. The van der Waals surface area contributed by atoms with Crippen molar-refractivity contribution in [1.29, 1.82) is 0 Å². The molecule has 2 rings (SSSR count). The Morgan fingerprint density at radius 1 is 1.40 bits per heavy atom. The van der Waals surface area contributed by atoms with Crippen LogP contribution in [0.25, 0.3) is 0 Å². The van der Waals surface area contributed by atoms with Crippen LogP contribution in [0.4, 0.5) is 0 Å². The number of halogens is 1. The molecule has 0 bridgehead atoms. The zero-order valence-corrected chi connectivity index (χ0v) is 13.0. The molecule has 1 aromatic heterocycles. The average Bonchev–Trinajstić information content (AvgIpc) is 3.09. The quantitative estimate of drug-likeness (QED) is 0.744. The Bertz CT molecular complexity index is 484. The maximum absolute atomic E-state index is 11.9. The van der Waals surface area contributed by atoms with E-state index < -0.39 is 10.0 Å². The van der Waals surface area contributed by atoms with Gasteiger partial charge in [-0.15, -0.1) is 11.6 Å². The number of hydrogen-bond acceptors (Lipinski definition) is 4. The minimum Gasteiger partial charge on any atom is -0.468 e. The van der Waals surface area contributed by atoms with Crippen LogP contribution in [-0.4, -0.2) is 44.6 Å². The number of likely N-dealkylation sites (tertiary alicyclic amines) is 1. The van der Waals surface area contributed by atoms with E-state index in [1.165, 1.54) is 0 Å². The summed E-state index contributed by atoms with van der Waals surface area (Å²) in [6.45, 7) is 2.31. The zero-order valence-electron chi connectivity index (χ0n) is 11.4. The van der Waals surface area contributed by atoms with Crippen LogP contribution in [0.1, 0.15) is 31.1 Å². The molecule has 1 saturated heterocycles. The minimum absolute atomic E-state index is 0.0294. The predicted molar refractivity (Wildman–Crippen MR) is 79.4 cm³/mol. The summed E-state index contributed by atoms with van der Waals surface area (Å²) in [4.78, 5) is 2.27. The molecule has 1 aromatic rings. The van der Waals surface area contributed by atoms with Gasteiger partial charge in [-0.05, 0) is 44.5 Å². The highest BCUT2D eigenvalue weighted by Crippen LogP contribution is 2.25. The predicted octanol–water partition coefficient (Wildman–Crippen LogP) is 1.96. The van der Waals surface area contributed by atoms with Gasteiger partial charge < -0.3 is 4.42 Å². The Kier molecular flexibility index (Phi) is 5.89. The second-order valence-electron chi connectivity index (χ2n) is 4.98. The summed E-state index contributed by atoms with van der Waals surface area (Å²) < 4.78 is 31.8. The van der Waals surface area contributed by atoms with Crippen molar-refractivity contribution in [2.24, 2.45) is 0 Å². The van der Waals surface area contributed by atoms with E-state index in [1.54, 1.807) is 6.26 Å². The van der Waals surface area contributed by atoms with Crippen LogP contribution >= 0.6 is 11.6 Å². The minimum atomic E-state index is -3.26. The molecule has 1 N–H and O–H groups in total.